The average Bonchev–Trinajstić information content (AvgIpc) is 2.45. The first-order chi connectivity index (χ1) is 9.83. The van der Waals surface area contributed by atoms with E-state index in [2.05, 4.69) is 6.92 Å². The van der Waals surface area contributed by atoms with Crippen LogP contribution in [0.1, 0.15) is 71.1 Å². The summed E-state index contributed by atoms with van der Waals surface area (Å²) in [5.74, 6) is 0.978. The van der Waals surface area contributed by atoms with Gasteiger partial charge in [0.1, 0.15) is 7.05 Å². The second-order valence-corrected chi connectivity index (χ2v) is 5.74. The summed E-state index contributed by atoms with van der Waals surface area (Å²) in [6.07, 6.45) is 17.7. The molecule has 0 saturated heterocycles. The van der Waals surface area contributed by atoms with Crippen LogP contribution in [0.25, 0.3) is 0 Å². The molecule has 0 radical (unpaired) electrons. The van der Waals surface area contributed by atoms with E-state index < -0.39 is 0 Å². The third-order valence-electron chi connectivity index (χ3n) is 3.68. The largest absolute Gasteiger partial charge is 1.00 e. The van der Waals surface area contributed by atoms with Crippen molar-refractivity contribution in [2.75, 3.05) is 6.61 Å². The Kier molecular flexibility index (Phi) is 14.0. The zero-order chi connectivity index (χ0) is 14.5. The number of aromatic nitrogens is 1. The maximum absolute atomic E-state index is 5.74. The van der Waals surface area contributed by atoms with E-state index in [1.807, 2.05) is 36.1 Å². The second-order valence-electron chi connectivity index (χ2n) is 5.74. The smallest absolute Gasteiger partial charge is 0.210 e. The molecule has 0 aliphatic carbocycles. The van der Waals surface area contributed by atoms with Gasteiger partial charge in [-0.1, -0.05) is 64.7 Å². The van der Waals surface area contributed by atoms with Crippen LogP contribution >= 0.6 is 0 Å². The predicted octanol–water partition coefficient (Wildman–Crippen LogP) is 1.81. The van der Waals surface area contributed by atoms with Crippen LogP contribution in [0.5, 0.6) is 5.75 Å². The summed E-state index contributed by atoms with van der Waals surface area (Å²) in [6.45, 7) is 3.12. The molecule has 0 aliphatic rings. The minimum absolute atomic E-state index is 0. The van der Waals surface area contributed by atoms with Crippen molar-refractivity contribution in [1.29, 1.82) is 0 Å². The highest BCUT2D eigenvalue weighted by Crippen LogP contribution is 2.11. The van der Waals surface area contributed by atoms with Gasteiger partial charge in [-0.05, 0) is 12.5 Å². The van der Waals surface area contributed by atoms with Crippen molar-refractivity contribution >= 4 is 0 Å². The number of hydrogen-bond donors (Lipinski definition) is 0. The lowest BCUT2D eigenvalue weighted by molar-refractivity contribution is -0.671. The summed E-state index contributed by atoms with van der Waals surface area (Å²) in [5, 5.41) is 0. The Labute approximate surface area is 141 Å². The van der Waals surface area contributed by atoms with Crippen molar-refractivity contribution in [2.24, 2.45) is 7.05 Å². The van der Waals surface area contributed by atoms with Gasteiger partial charge in [0.05, 0.1) is 6.61 Å². The number of aryl methyl sites for hydroxylation is 1. The van der Waals surface area contributed by atoms with Crippen molar-refractivity contribution in [3.8, 4) is 5.75 Å². The minimum Gasteiger partial charge on any atom is -1.00 e. The number of hydrogen-bond acceptors (Lipinski definition) is 1. The van der Waals surface area contributed by atoms with Crippen LogP contribution in [0.15, 0.2) is 24.5 Å². The fraction of sp³-hybridized carbons (Fsp3) is 0.722. The lowest BCUT2D eigenvalue weighted by Crippen LogP contribution is -3.00. The van der Waals surface area contributed by atoms with Gasteiger partial charge >= 0.3 is 0 Å². The quantitative estimate of drug-likeness (QED) is 0.410. The standard InChI is InChI=1S/C18H32NO.BrH/c1-3-4-5-6-7-8-9-10-11-12-16-20-18-14-13-15-19(2)17-18;/h13-15,17H,3-12,16H2,1-2H3;1H/q+1;/p-1. The minimum atomic E-state index is 0. The molecular formula is C18H32BrNO. The molecule has 0 saturated carbocycles. The lowest BCUT2D eigenvalue weighted by Gasteiger charge is -2.05. The molecule has 21 heavy (non-hydrogen) atoms. The first-order valence-electron chi connectivity index (χ1n) is 8.41. The van der Waals surface area contributed by atoms with Crippen LogP contribution in [-0.4, -0.2) is 6.61 Å². The highest BCUT2D eigenvalue weighted by Gasteiger charge is 1.98. The Balaban J connectivity index is 0.00000400. The summed E-state index contributed by atoms with van der Waals surface area (Å²) in [4.78, 5) is 0. The summed E-state index contributed by atoms with van der Waals surface area (Å²) in [7, 11) is 2.02. The molecule has 0 amide bonds. The molecule has 0 atom stereocenters. The molecule has 0 bridgehead atoms. The number of unbranched alkanes of at least 4 members (excludes halogenated alkanes) is 9. The van der Waals surface area contributed by atoms with Gasteiger partial charge in [0.15, 0.2) is 11.9 Å². The predicted molar refractivity (Wildman–Crippen MR) is 85.0 cm³/mol. The van der Waals surface area contributed by atoms with Crippen molar-refractivity contribution < 1.29 is 26.3 Å². The fourth-order valence-corrected chi connectivity index (χ4v) is 2.43. The monoisotopic (exact) mass is 357 g/mol. The maximum Gasteiger partial charge on any atom is 0.210 e. The Hall–Kier alpha value is -0.570. The Morgan fingerprint density at radius 3 is 2.05 bits per heavy atom. The van der Waals surface area contributed by atoms with Crippen LogP contribution in [0.3, 0.4) is 0 Å². The number of ether oxygens (including phenoxy) is 1. The summed E-state index contributed by atoms with van der Waals surface area (Å²) >= 11 is 0. The van der Waals surface area contributed by atoms with E-state index in [9.17, 15) is 0 Å². The van der Waals surface area contributed by atoms with Crippen molar-refractivity contribution in [1.82, 2.24) is 0 Å². The molecule has 2 nitrogen and oxygen atoms in total. The van der Waals surface area contributed by atoms with E-state index in [4.69, 9.17) is 4.74 Å². The van der Waals surface area contributed by atoms with Crippen LogP contribution in [0, 0.1) is 0 Å². The van der Waals surface area contributed by atoms with Crippen LogP contribution in [0.2, 0.25) is 0 Å². The van der Waals surface area contributed by atoms with Crippen LogP contribution < -0.4 is 26.3 Å². The van der Waals surface area contributed by atoms with Crippen molar-refractivity contribution in [2.45, 2.75) is 71.1 Å². The number of halogens is 1. The highest BCUT2D eigenvalue weighted by atomic mass is 79.9. The first-order valence-corrected chi connectivity index (χ1v) is 8.41. The Bertz CT molecular complexity index is 344. The Morgan fingerprint density at radius 1 is 0.905 bits per heavy atom. The Morgan fingerprint density at radius 2 is 1.48 bits per heavy atom. The molecule has 1 heterocycles. The topological polar surface area (TPSA) is 13.1 Å². The van der Waals surface area contributed by atoms with Crippen LogP contribution in [-0.2, 0) is 7.05 Å². The van der Waals surface area contributed by atoms with Gasteiger partial charge in [0.2, 0.25) is 6.20 Å². The molecule has 1 aromatic rings. The zero-order valence-corrected chi connectivity index (χ0v) is 15.4. The van der Waals surface area contributed by atoms with E-state index in [0.29, 0.717) is 0 Å². The molecule has 122 valence electrons. The summed E-state index contributed by atoms with van der Waals surface area (Å²) in [6, 6.07) is 4.05. The van der Waals surface area contributed by atoms with Gasteiger partial charge in [-0.25, -0.2) is 4.57 Å². The summed E-state index contributed by atoms with van der Waals surface area (Å²) in [5.41, 5.74) is 0. The van der Waals surface area contributed by atoms with Gasteiger partial charge in [-0.2, -0.15) is 0 Å². The molecule has 0 unspecified atom stereocenters. The molecule has 0 N–H and O–H groups in total. The van der Waals surface area contributed by atoms with E-state index in [1.54, 1.807) is 0 Å². The third-order valence-corrected chi connectivity index (χ3v) is 3.68. The number of rotatable bonds is 12. The SMILES string of the molecule is CCCCCCCCCCCCOc1ccc[n+](C)c1.[Br-]. The lowest BCUT2D eigenvalue weighted by atomic mass is 10.1. The third kappa shape index (κ3) is 11.7. The van der Waals surface area contributed by atoms with Crippen molar-refractivity contribution in [3.63, 3.8) is 0 Å². The second kappa shape index (κ2) is 14.4. The molecule has 0 aliphatic heterocycles. The van der Waals surface area contributed by atoms with Gasteiger partial charge in [0.25, 0.3) is 0 Å². The number of pyridine rings is 1. The van der Waals surface area contributed by atoms with Gasteiger partial charge in [-0.15, -0.1) is 0 Å². The average molecular weight is 358 g/mol. The molecule has 0 fully saturated rings. The van der Waals surface area contributed by atoms with E-state index in [1.165, 1.54) is 64.2 Å². The van der Waals surface area contributed by atoms with Gasteiger partial charge in [0, 0.05) is 6.07 Å². The molecule has 1 rings (SSSR count). The molecule has 0 aromatic carbocycles. The number of nitrogens with zero attached hydrogens (tertiary/aromatic N) is 1. The van der Waals surface area contributed by atoms with E-state index in [0.717, 1.165) is 12.4 Å². The molecule has 0 spiro atoms. The van der Waals surface area contributed by atoms with E-state index in [-0.39, 0.29) is 17.0 Å². The summed E-state index contributed by atoms with van der Waals surface area (Å²) < 4.78 is 7.76. The van der Waals surface area contributed by atoms with E-state index >= 15 is 0 Å². The maximum atomic E-state index is 5.74. The van der Waals surface area contributed by atoms with Gasteiger partial charge < -0.3 is 21.7 Å². The molecule has 3 heteroatoms. The normalized spacial score (nSPS) is 10.2. The van der Waals surface area contributed by atoms with Gasteiger partial charge in [-0.3, -0.25) is 0 Å². The van der Waals surface area contributed by atoms with Crippen LogP contribution in [0.4, 0.5) is 0 Å². The van der Waals surface area contributed by atoms with Crippen molar-refractivity contribution in [3.05, 3.63) is 24.5 Å². The highest BCUT2D eigenvalue weighted by molar-refractivity contribution is 5.12. The molecule has 1 aromatic heterocycles. The first kappa shape index (κ1) is 20.4. The zero-order valence-electron chi connectivity index (χ0n) is 13.8. The molecular weight excluding hydrogens is 326 g/mol. The fourth-order valence-electron chi connectivity index (χ4n) is 2.43.